The highest BCUT2D eigenvalue weighted by molar-refractivity contribution is 5.70. The normalized spacial score (nSPS) is 11.0. The van der Waals surface area contributed by atoms with Crippen molar-refractivity contribution in [2.75, 3.05) is 18.0 Å². The fraction of sp³-hybridized carbons (Fsp3) is 0.316. The number of rotatable bonds is 7. The van der Waals surface area contributed by atoms with Crippen molar-refractivity contribution in [2.45, 2.75) is 26.7 Å². The van der Waals surface area contributed by atoms with E-state index in [9.17, 15) is 0 Å². The Bertz CT molecular complexity index is 538. The fourth-order valence-corrected chi connectivity index (χ4v) is 2.37. The molecule has 0 unspecified atom stereocenters. The molecule has 21 heavy (non-hydrogen) atoms. The van der Waals surface area contributed by atoms with E-state index in [1.165, 1.54) is 29.7 Å². The van der Waals surface area contributed by atoms with E-state index in [4.69, 9.17) is 0 Å². The summed E-state index contributed by atoms with van der Waals surface area (Å²) in [5.74, 6) is 0. The largest absolute Gasteiger partial charge is 0.372 e. The Hall–Kier alpha value is -2.09. The second-order valence-electron chi connectivity index (χ2n) is 5.19. The van der Waals surface area contributed by atoms with Crippen molar-refractivity contribution in [3.8, 4) is 0 Å². The summed E-state index contributed by atoms with van der Waals surface area (Å²) >= 11 is 0. The van der Waals surface area contributed by atoms with Gasteiger partial charge in [-0.25, -0.2) is 0 Å². The molecule has 0 atom stereocenters. The van der Waals surface area contributed by atoms with Crippen LogP contribution >= 0.6 is 0 Å². The van der Waals surface area contributed by atoms with Gasteiger partial charge in [0.2, 0.25) is 0 Å². The first kappa shape index (κ1) is 15.3. The van der Waals surface area contributed by atoms with Crippen LogP contribution in [0.15, 0.2) is 48.8 Å². The van der Waals surface area contributed by atoms with Crippen LogP contribution in [0.3, 0.4) is 0 Å². The summed E-state index contributed by atoms with van der Waals surface area (Å²) in [4.78, 5) is 6.48. The van der Waals surface area contributed by atoms with Crippen molar-refractivity contribution >= 4 is 17.8 Å². The van der Waals surface area contributed by atoms with Gasteiger partial charge in [-0.05, 0) is 48.2 Å². The third kappa shape index (κ3) is 4.75. The van der Waals surface area contributed by atoms with Crippen LogP contribution in [0, 0.1) is 0 Å². The van der Waals surface area contributed by atoms with Crippen LogP contribution in [-0.2, 0) is 0 Å². The Morgan fingerprint density at radius 3 is 1.86 bits per heavy atom. The SMILES string of the molecule is CCCN(CCC)c1ccc(C=Cc2ccncc2)cc1. The summed E-state index contributed by atoms with van der Waals surface area (Å²) in [7, 11) is 0. The van der Waals surface area contributed by atoms with Crippen molar-refractivity contribution in [3.05, 3.63) is 59.9 Å². The standard InChI is InChI=1S/C19H24N2/c1-3-15-21(16-4-2)19-9-7-17(8-10-19)5-6-18-11-13-20-14-12-18/h5-14H,3-4,15-16H2,1-2H3. The Morgan fingerprint density at radius 1 is 0.810 bits per heavy atom. The van der Waals surface area contributed by atoms with Gasteiger partial charge in [0.05, 0.1) is 0 Å². The fourth-order valence-electron chi connectivity index (χ4n) is 2.37. The molecule has 2 heteroatoms. The average Bonchev–Trinajstić information content (AvgIpc) is 2.54. The van der Waals surface area contributed by atoms with Gasteiger partial charge in [-0.2, -0.15) is 0 Å². The highest BCUT2D eigenvalue weighted by Crippen LogP contribution is 2.17. The first-order chi connectivity index (χ1) is 10.3. The first-order valence-electron chi connectivity index (χ1n) is 7.76. The first-order valence-corrected chi connectivity index (χ1v) is 7.76. The lowest BCUT2D eigenvalue weighted by molar-refractivity contribution is 0.745. The van der Waals surface area contributed by atoms with Gasteiger partial charge in [-0.15, -0.1) is 0 Å². The summed E-state index contributed by atoms with van der Waals surface area (Å²) in [6.07, 6.45) is 10.3. The molecule has 110 valence electrons. The minimum absolute atomic E-state index is 1.13. The smallest absolute Gasteiger partial charge is 0.0366 e. The highest BCUT2D eigenvalue weighted by atomic mass is 15.1. The molecule has 2 rings (SSSR count). The minimum Gasteiger partial charge on any atom is -0.372 e. The Morgan fingerprint density at radius 2 is 1.33 bits per heavy atom. The van der Waals surface area contributed by atoms with E-state index >= 15 is 0 Å². The van der Waals surface area contributed by atoms with E-state index in [0.29, 0.717) is 0 Å². The number of pyridine rings is 1. The van der Waals surface area contributed by atoms with Crippen LogP contribution in [0.4, 0.5) is 5.69 Å². The van der Waals surface area contributed by atoms with Gasteiger partial charge in [-0.3, -0.25) is 4.98 Å². The van der Waals surface area contributed by atoms with Gasteiger partial charge in [0.1, 0.15) is 0 Å². The molecule has 0 N–H and O–H groups in total. The molecule has 0 aliphatic rings. The highest BCUT2D eigenvalue weighted by Gasteiger charge is 2.03. The van der Waals surface area contributed by atoms with E-state index < -0.39 is 0 Å². The predicted molar refractivity (Wildman–Crippen MR) is 92.4 cm³/mol. The minimum atomic E-state index is 1.13. The van der Waals surface area contributed by atoms with Crippen LogP contribution in [0.2, 0.25) is 0 Å². The summed E-state index contributed by atoms with van der Waals surface area (Å²) < 4.78 is 0. The molecule has 0 spiro atoms. The van der Waals surface area contributed by atoms with E-state index in [-0.39, 0.29) is 0 Å². The number of benzene rings is 1. The van der Waals surface area contributed by atoms with Crippen molar-refractivity contribution in [1.82, 2.24) is 4.98 Å². The summed E-state index contributed by atoms with van der Waals surface area (Å²) in [5.41, 5.74) is 3.72. The molecule has 0 saturated carbocycles. The molecule has 0 bridgehead atoms. The second-order valence-corrected chi connectivity index (χ2v) is 5.19. The van der Waals surface area contributed by atoms with Crippen LogP contribution in [0.25, 0.3) is 12.2 Å². The molecule has 0 radical (unpaired) electrons. The van der Waals surface area contributed by atoms with E-state index in [1.807, 2.05) is 24.5 Å². The van der Waals surface area contributed by atoms with Gasteiger partial charge in [0, 0.05) is 31.2 Å². The Labute approximate surface area is 128 Å². The zero-order valence-electron chi connectivity index (χ0n) is 13.0. The van der Waals surface area contributed by atoms with Gasteiger partial charge in [-0.1, -0.05) is 38.1 Å². The van der Waals surface area contributed by atoms with E-state index in [0.717, 1.165) is 13.1 Å². The molecule has 1 heterocycles. The third-order valence-electron chi connectivity index (χ3n) is 3.42. The van der Waals surface area contributed by atoms with Crippen LogP contribution < -0.4 is 4.90 Å². The van der Waals surface area contributed by atoms with E-state index in [1.54, 1.807) is 0 Å². The molecule has 2 nitrogen and oxygen atoms in total. The van der Waals surface area contributed by atoms with Gasteiger partial charge < -0.3 is 4.90 Å². The van der Waals surface area contributed by atoms with Gasteiger partial charge >= 0.3 is 0 Å². The lowest BCUT2D eigenvalue weighted by atomic mass is 10.1. The average molecular weight is 280 g/mol. The maximum Gasteiger partial charge on any atom is 0.0366 e. The lowest BCUT2D eigenvalue weighted by Gasteiger charge is -2.23. The number of anilines is 1. The molecular weight excluding hydrogens is 256 g/mol. The third-order valence-corrected chi connectivity index (χ3v) is 3.42. The number of hydrogen-bond acceptors (Lipinski definition) is 2. The molecule has 0 aliphatic carbocycles. The van der Waals surface area contributed by atoms with E-state index in [2.05, 4.69) is 60.1 Å². The number of nitrogens with zero attached hydrogens (tertiary/aromatic N) is 2. The monoisotopic (exact) mass is 280 g/mol. The molecule has 0 amide bonds. The van der Waals surface area contributed by atoms with Crippen LogP contribution in [0.1, 0.15) is 37.8 Å². The van der Waals surface area contributed by atoms with Crippen LogP contribution in [0.5, 0.6) is 0 Å². The predicted octanol–water partition coefficient (Wildman–Crippen LogP) is 4.88. The van der Waals surface area contributed by atoms with Crippen molar-refractivity contribution in [3.63, 3.8) is 0 Å². The van der Waals surface area contributed by atoms with Crippen molar-refractivity contribution in [2.24, 2.45) is 0 Å². The number of hydrogen-bond donors (Lipinski definition) is 0. The summed E-state index contributed by atoms with van der Waals surface area (Å²) in [6.45, 7) is 6.71. The topological polar surface area (TPSA) is 16.1 Å². The summed E-state index contributed by atoms with van der Waals surface area (Å²) in [6, 6.07) is 12.8. The molecule has 1 aromatic heterocycles. The zero-order chi connectivity index (χ0) is 14.9. The summed E-state index contributed by atoms with van der Waals surface area (Å²) in [5, 5.41) is 0. The van der Waals surface area contributed by atoms with Crippen LogP contribution in [-0.4, -0.2) is 18.1 Å². The van der Waals surface area contributed by atoms with Crippen molar-refractivity contribution < 1.29 is 0 Å². The molecule has 0 fully saturated rings. The molecule has 0 saturated heterocycles. The number of aromatic nitrogens is 1. The molecule has 2 aromatic rings. The van der Waals surface area contributed by atoms with Gasteiger partial charge in [0.25, 0.3) is 0 Å². The van der Waals surface area contributed by atoms with Gasteiger partial charge in [0.15, 0.2) is 0 Å². The molecular formula is C19H24N2. The quantitative estimate of drug-likeness (QED) is 0.718. The Kier molecular flexibility index (Phi) is 6.01. The molecule has 0 aliphatic heterocycles. The second kappa shape index (κ2) is 8.25. The zero-order valence-corrected chi connectivity index (χ0v) is 13.0. The maximum absolute atomic E-state index is 4.03. The molecule has 1 aromatic carbocycles. The maximum atomic E-state index is 4.03. The van der Waals surface area contributed by atoms with Crippen molar-refractivity contribution in [1.29, 1.82) is 0 Å². The Balaban J connectivity index is 2.06. The lowest BCUT2D eigenvalue weighted by Crippen LogP contribution is -2.24.